The van der Waals surface area contributed by atoms with Crippen molar-refractivity contribution in [3.05, 3.63) is 35.3 Å². The molecule has 0 unspecified atom stereocenters. The molecule has 1 aromatic rings. The third kappa shape index (κ3) is 2.63. The molecule has 2 rings (SSSR count). The van der Waals surface area contributed by atoms with Gasteiger partial charge >= 0.3 is 0 Å². The van der Waals surface area contributed by atoms with Crippen LogP contribution in [0.3, 0.4) is 0 Å². The predicted molar refractivity (Wildman–Crippen MR) is 56.8 cm³/mol. The summed E-state index contributed by atoms with van der Waals surface area (Å²) in [5.41, 5.74) is 0.628. The second-order valence-corrected chi connectivity index (χ2v) is 3.92. The van der Waals surface area contributed by atoms with Gasteiger partial charge in [0, 0.05) is 6.42 Å². The Labute approximate surface area is 89.0 Å². The van der Waals surface area contributed by atoms with E-state index in [0.29, 0.717) is 17.8 Å². The van der Waals surface area contributed by atoms with Crippen molar-refractivity contribution >= 4 is 11.6 Å². The first-order valence-electron chi connectivity index (χ1n) is 5.16. The van der Waals surface area contributed by atoms with Crippen LogP contribution in [0.1, 0.15) is 36.0 Å². The van der Waals surface area contributed by atoms with Crippen molar-refractivity contribution in [3.8, 4) is 0 Å². The number of carbonyl (C=O) groups excluding carboxylic acids is 1. The molecular formula is C12H12N2O. The number of nitrogens with zero attached hydrogens (tertiary/aromatic N) is 2. The SMILES string of the molecule is [C-]#[N+]c1ccc(C(=O)CCC2CC2)cn1. The summed E-state index contributed by atoms with van der Waals surface area (Å²) in [4.78, 5) is 18.7. The molecule has 1 aliphatic carbocycles. The normalized spacial score (nSPS) is 14.6. The lowest BCUT2D eigenvalue weighted by molar-refractivity contribution is 0.0978. The minimum atomic E-state index is 0.144. The summed E-state index contributed by atoms with van der Waals surface area (Å²) in [6.07, 6.45) is 5.68. The molecule has 1 saturated carbocycles. The topological polar surface area (TPSA) is 34.3 Å². The fraction of sp³-hybridized carbons (Fsp3) is 0.417. The van der Waals surface area contributed by atoms with Gasteiger partial charge in [0.25, 0.3) is 5.82 Å². The number of aromatic nitrogens is 1. The van der Waals surface area contributed by atoms with Crippen molar-refractivity contribution in [2.24, 2.45) is 5.92 Å². The van der Waals surface area contributed by atoms with Gasteiger partial charge in [0.1, 0.15) is 6.20 Å². The highest BCUT2D eigenvalue weighted by atomic mass is 16.1. The van der Waals surface area contributed by atoms with Crippen molar-refractivity contribution in [1.82, 2.24) is 4.98 Å². The van der Waals surface area contributed by atoms with Crippen LogP contribution in [-0.2, 0) is 0 Å². The zero-order chi connectivity index (χ0) is 10.7. The third-order valence-electron chi connectivity index (χ3n) is 2.66. The van der Waals surface area contributed by atoms with Gasteiger partial charge in [-0.25, -0.2) is 0 Å². The van der Waals surface area contributed by atoms with Gasteiger partial charge in [-0.3, -0.25) is 4.79 Å². The highest BCUT2D eigenvalue weighted by Gasteiger charge is 2.22. The van der Waals surface area contributed by atoms with Gasteiger partial charge in [0.2, 0.25) is 0 Å². The molecule has 76 valence electrons. The first-order chi connectivity index (χ1) is 7.29. The monoisotopic (exact) mass is 200 g/mol. The van der Waals surface area contributed by atoms with E-state index in [1.165, 1.54) is 19.0 Å². The van der Waals surface area contributed by atoms with Crippen molar-refractivity contribution in [1.29, 1.82) is 0 Å². The summed E-state index contributed by atoms with van der Waals surface area (Å²) in [5.74, 6) is 1.27. The fourth-order valence-electron chi connectivity index (χ4n) is 1.50. The number of rotatable bonds is 4. The molecule has 0 radical (unpaired) electrons. The number of hydrogen-bond acceptors (Lipinski definition) is 2. The van der Waals surface area contributed by atoms with Crippen LogP contribution in [0, 0.1) is 12.5 Å². The van der Waals surface area contributed by atoms with E-state index < -0.39 is 0 Å². The van der Waals surface area contributed by atoms with Gasteiger partial charge in [-0.1, -0.05) is 25.5 Å². The van der Waals surface area contributed by atoms with Crippen LogP contribution in [0.15, 0.2) is 18.3 Å². The zero-order valence-electron chi connectivity index (χ0n) is 8.44. The van der Waals surface area contributed by atoms with Crippen LogP contribution >= 0.6 is 0 Å². The Morgan fingerprint density at radius 2 is 2.33 bits per heavy atom. The fourth-order valence-corrected chi connectivity index (χ4v) is 1.50. The molecule has 0 aliphatic heterocycles. The van der Waals surface area contributed by atoms with Crippen LogP contribution in [0.2, 0.25) is 0 Å². The molecule has 0 amide bonds. The lowest BCUT2D eigenvalue weighted by Crippen LogP contribution is -1.99. The minimum Gasteiger partial charge on any atom is -0.361 e. The summed E-state index contributed by atoms with van der Waals surface area (Å²) in [6.45, 7) is 6.74. The van der Waals surface area contributed by atoms with Gasteiger partial charge < -0.3 is 4.85 Å². The molecule has 3 heteroatoms. The van der Waals surface area contributed by atoms with Gasteiger partial charge in [-0.2, -0.15) is 0 Å². The molecule has 0 spiro atoms. The van der Waals surface area contributed by atoms with Crippen LogP contribution in [0.25, 0.3) is 4.85 Å². The summed E-state index contributed by atoms with van der Waals surface area (Å²) < 4.78 is 0. The van der Waals surface area contributed by atoms with Crippen LogP contribution < -0.4 is 0 Å². The lowest BCUT2D eigenvalue weighted by atomic mass is 10.1. The van der Waals surface area contributed by atoms with Crippen molar-refractivity contribution < 1.29 is 4.79 Å². The van der Waals surface area contributed by atoms with E-state index in [-0.39, 0.29) is 5.78 Å². The molecule has 1 aromatic heterocycles. The number of Topliss-reactive ketones (excluding diaryl/α,β-unsaturated/α-hetero) is 1. The summed E-state index contributed by atoms with van der Waals surface area (Å²) in [7, 11) is 0. The predicted octanol–water partition coefficient (Wildman–Crippen LogP) is 3.01. The molecule has 1 aliphatic rings. The molecule has 0 bridgehead atoms. The maximum absolute atomic E-state index is 11.7. The molecule has 0 aromatic carbocycles. The number of ketones is 1. The second kappa shape index (κ2) is 4.22. The molecule has 1 heterocycles. The van der Waals surface area contributed by atoms with Gasteiger partial charge in [-0.15, -0.1) is 4.98 Å². The Morgan fingerprint density at radius 3 is 2.87 bits per heavy atom. The summed E-state index contributed by atoms with van der Waals surface area (Å²) in [6, 6.07) is 3.28. The highest BCUT2D eigenvalue weighted by molar-refractivity contribution is 5.95. The summed E-state index contributed by atoms with van der Waals surface area (Å²) >= 11 is 0. The van der Waals surface area contributed by atoms with Crippen LogP contribution in [-0.4, -0.2) is 10.8 Å². The molecule has 0 atom stereocenters. The van der Waals surface area contributed by atoms with E-state index in [1.807, 2.05) is 0 Å². The van der Waals surface area contributed by atoms with E-state index in [2.05, 4.69) is 9.83 Å². The van der Waals surface area contributed by atoms with Crippen LogP contribution in [0.5, 0.6) is 0 Å². The van der Waals surface area contributed by atoms with Crippen molar-refractivity contribution in [3.63, 3.8) is 0 Å². The van der Waals surface area contributed by atoms with E-state index in [9.17, 15) is 4.79 Å². The maximum Gasteiger partial charge on any atom is 0.269 e. The molecule has 15 heavy (non-hydrogen) atoms. The Hall–Kier alpha value is -1.69. The van der Waals surface area contributed by atoms with E-state index in [1.54, 1.807) is 12.1 Å². The smallest absolute Gasteiger partial charge is 0.269 e. The minimum absolute atomic E-state index is 0.144. The summed E-state index contributed by atoms with van der Waals surface area (Å²) in [5, 5.41) is 0. The molecular weight excluding hydrogens is 188 g/mol. The van der Waals surface area contributed by atoms with E-state index >= 15 is 0 Å². The lowest BCUT2D eigenvalue weighted by Gasteiger charge is -1.98. The molecule has 1 fully saturated rings. The maximum atomic E-state index is 11.7. The van der Waals surface area contributed by atoms with E-state index in [0.717, 1.165) is 12.3 Å². The third-order valence-corrected chi connectivity index (χ3v) is 2.66. The number of hydrogen-bond donors (Lipinski definition) is 0. The van der Waals surface area contributed by atoms with Gasteiger partial charge in [0.15, 0.2) is 5.78 Å². The number of carbonyl (C=O) groups is 1. The van der Waals surface area contributed by atoms with Gasteiger partial charge in [0.05, 0.1) is 5.56 Å². The van der Waals surface area contributed by atoms with Crippen molar-refractivity contribution in [2.45, 2.75) is 25.7 Å². The average Bonchev–Trinajstić information content (AvgIpc) is 3.10. The molecule has 0 saturated heterocycles. The number of pyridine rings is 1. The largest absolute Gasteiger partial charge is 0.361 e. The highest BCUT2D eigenvalue weighted by Crippen LogP contribution is 2.33. The quantitative estimate of drug-likeness (QED) is 0.553. The van der Waals surface area contributed by atoms with Crippen molar-refractivity contribution in [2.75, 3.05) is 0 Å². The van der Waals surface area contributed by atoms with E-state index in [4.69, 9.17) is 6.57 Å². The Morgan fingerprint density at radius 1 is 1.53 bits per heavy atom. The Balaban J connectivity index is 1.95. The second-order valence-electron chi connectivity index (χ2n) is 3.92. The average molecular weight is 200 g/mol. The Bertz CT molecular complexity index is 399. The molecule has 0 N–H and O–H groups in total. The standard InChI is InChI=1S/C12H12N2O/c1-13-12-7-5-10(8-14-12)11(15)6-4-9-2-3-9/h5,7-9H,2-4,6H2. The molecule has 3 nitrogen and oxygen atoms in total. The Kier molecular flexibility index (Phi) is 2.77. The first kappa shape index (κ1) is 9.85. The zero-order valence-corrected chi connectivity index (χ0v) is 8.44. The van der Waals surface area contributed by atoms with Gasteiger partial charge in [-0.05, 0) is 18.4 Å². The first-order valence-corrected chi connectivity index (χ1v) is 5.16. The van der Waals surface area contributed by atoms with Crippen LogP contribution in [0.4, 0.5) is 5.82 Å².